The summed E-state index contributed by atoms with van der Waals surface area (Å²) < 4.78 is 113. The minimum Gasteiger partial charge on any atom is -0.207 e. The normalized spacial score (nSPS) is 10.7. The highest BCUT2D eigenvalue weighted by Gasteiger charge is 2.27. The zero-order valence-corrected chi connectivity index (χ0v) is 9.13. The van der Waals surface area contributed by atoms with Crippen molar-refractivity contribution in [3.05, 3.63) is 46.8 Å². The van der Waals surface area contributed by atoms with Crippen LogP contribution in [0.5, 0.6) is 0 Å². The summed E-state index contributed by atoms with van der Waals surface area (Å²) in [6, 6.07) is -0.133. The van der Waals surface area contributed by atoms with Gasteiger partial charge in [-0.1, -0.05) is 0 Å². The second kappa shape index (κ2) is 6.02. The highest BCUT2D eigenvalue weighted by Crippen LogP contribution is 2.38. The van der Waals surface area contributed by atoms with Crippen molar-refractivity contribution in [1.82, 2.24) is 0 Å². The average Bonchev–Trinajstić information content (AvgIpc) is 2.34. The van der Waals surface area contributed by atoms with Gasteiger partial charge in [0, 0.05) is 16.7 Å². The molecule has 0 aliphatic heterocycles. The first-order valence-corrected chi connectivity index (χ1v) is 4.70. The minimum atomic E-state index is -3.78. The molecule has 0 saturated carbocycles. The highest BCUT2D eigenvalue weighted by molar-refractivity contribution is 5.72. The molecule has 0 radical (unpaired) electrons. The summed E-state index contributed by atoms with van der Waals surface area (Å²) in [6.07, 6.45) is -9.93. The second-order valence-corrected chi connectivity index (χ2v) is 3.36. The maximum atomic E-state index is 13.0. The first kappa shape index (κ1) is 16.1. The molecule has 20 heavy (non-hydrogen) atoms. The van der Waals surface area contributed by atoms with E-state index in [4.69, 9.17) is 0 Å². The quantitative estimate of drug-likeness (QED) is 0.616. The minimum absolute atomic E-state index is 0.0666. The zero-order chi connectivity index (χ0) is 15.6. The van der Waals surface area contributed by atoms with Crippen LogP contribution in [0.2, 0.25) is 0 Å². The molecular formula is C11H3F9. The third-order valence-corrected chi connectivity index (χ3v) is 2.17. The Morgan fingerprint density at radius 2 is 1.10 bits per heavy atom. The first-order valence-electron chi connectivity index (χ1n) is 4.70. The molecule has 0 heterocycles. The van der Waals surface area contributed by atoms with Gasteiger partial charge in [0.15, 0.2) is 11.7 Å². The summed E-state index contributed by atoms with van der Waals surface area (Å²) in [5.74, 6) is -6.73. The predicted octanol–water partition coefficient (Wildman–Crippen LogP) is 5.83. The van der Waals surface area contributed by atoms with E-state index in [9.17, 15) is 39.5 Å². The van der Waals surface area contributed by atoms with E-state index in [1.165, 1.54) is 0 Å². The van der Waals surface area contributed by atoms with Crippen molar-refractivity contribution >= 4 is 11.7 Å². The Morgan fingerprint density at radius 3 is 1.35 bits per heavy atom. The molecule has 1 aromatic carbocycles. The number of hydrogen-bond acceptors (Lipinski definition) is 0. The summed E-state index contributed by atoms with van der Waals surface area (Å²) in [6.45, 7) is 0. The molecule has 0 spiro atoms. The molecule has 0 bridgehead atoms. The van der Waals surface area contributed by atoms with Crippen LogP contribution in [-0.4, -0.2) is 0 Å². The zero-order valence-electron chi connectivity index (χ0n) is 9.13. The smallest absolute Gasteiger partial charge is 0.207 e. The van der Waals surface area contributed by atoms with Gasteiger partial charge in [-0.05, 0) is 12.1 Å². The Kier molecular flexibility index (Phi) is 4.85. The molecule has 0 atom stereocenters. The van der Waals surface area contributed by atoms with Crippen LogP contribution in [0.25, 0.3) is 11.7 Å². The number of hydrogen-bond donors (Lipinski definition) is 0. The van der Waals surface area contributed by atoms with Gasteiger partial charge in [-0.15, -0.1) is 0 Å². The third kappa shape index (κ3) is 3.14. The van der Waals surface area contributed by atoms with Gasteiger partial charge in [0.05, 0.1) is 0 Å². The maximum absolute atomic E-state index is 13.0. The summed E-state index contributed by atoms with van der Waals surface area (Å²) in [4.78, 5) is 0. The van der Waals surface area contributed by atoms with Gasteiger partial charge in [0.2, 0.25) is 0 Å². The fourth-order valence-electron chi connectivity index (χ4n) is 1.42. The van der Waals surface area contributed by atoms with E-state index in [2.05, 4.69) is 0 Å². The number of rotatable bonds is 3. The SMILES string of the molecule is FC(F)=C(F)c1cc(F)cc(C(F)=C(F)F)c1C(F)F. The Labute approximate surface area is 105 Å². The number of alkyl halides is 2. The molecular weight excluding hydrogens is 303 g/mol. The van der Waals surface area contributed by atoms with E-state index >= 15 is 0 Å². The van der Waals surface area contributed by atoms with Gasteiger partial charge in [0.25, 0.3) is 6.43 Å². The van der Waals surface area contributed by atoms with E-state index in [0.29, 0.717) is 0 Å². The van der Waals surface area contributed by atoms with Crippen LogP contribution in [0.4, 0.5) is 39.5 Å². The van der Waals surface area contributed by atoms with Crippen molar-refractivity contribution < 1.29 is 39.5 Å². The molecule has 0 N–H and O–H groups in total. The molecule has 110 valence electrons. The Bertz CT molecular complexity index is 533. The molecule has 0 fully saturated rings. The van der Waals surface area contributed by atoms with Crippen molar-refractivity contribution in [2.24, 2.45) is 0 Å². The lowest BCUT2D eigenvalue weighted by atomic mass is 9.99. The fourth-order valence-corrected chi connectivity index (χ4v) is 1.42. The monoisotopic (exact) mass is 306 g/mol. The Morgan fingerprint density at radius 1 is 0.750 bits per heavy atom. The lowest BCUT2D eigenvalue weighted by Crippen LogP contribution is -2.01. The first-order chi connectivity index (χ1) is 9.16. The maximum Gasteiger partial charge on any atom is 0.306 e. The molecule has 0 aliphatic carbocycles. The molecule has 0 aliphatic rings. The lowest BCUT2D eigenvalue weighted by molar-refractivity contribution is 0.150. The summed E-state index contributed by atoms with van der Waals surface area (Å²) in [7, 11) is 0. The largest absolute Gasteiger partial charge is 0.306 e. The summed E-state index contributed by atoms with van der Waals surface area (Å²) in [5, 5.41) is 0. The average molecular weight is 306 g/mol. The van der Waals surface area contributed by atoms with Crippen molar-refractivity contribution in [3.8, 4) is 0 Å². The molecule has 0 unspecified atom stereocenters. The van der Waals surface area contributed by atoms with Crippen molar-refractivity contribution in [2.45, 2.75) is 6.43 Å². The van der Waals surface area contributed by atoms with E-state index in [1.54, 1.807) is 0 Å². The topological polar surface area (TPSA) is 0 Å². The van der Waals surface area contributed by atoms with Crippen LogP contribution in [0.15, 0.2) is 24.3 Å². The van der Waals surface area contributed by atoms with Crippen LogP contribution in [0.3, 0.4) is 0 Å². The van der Waals surface area contributed by atoms with Crippen molar-refractivity contribution in [3.63, 3.8) is 0 Å². The Balaban J connectivity index is 3.80. The van der Waals surface area contributed by atoms with E-state index < -0.39 is 52.7 Å². The predicted molar refractivity (Wildman–Crippen MR) is 51.8 cm³/mol. The molecule has 1 aromatic rings. The van der Waals surface area contributed by atoms with E-state index in [-0.39, 0.29) is 12.1 Å². The molecule has 0 amide bonds. The summed E-state index contributed by atoms with van der Waals surface area (Å²) in [5.41, 5.74) is -5.17. The standard InChI is InChI=1S/C11H3F9/c12-3-1-4(7(13)10(17)18)6(9(15)16)5(2-3)8(14)11(19)20/h1-2,9H. The molecule has 0 saturated heterocycles. The molecule has 0 aromatic heterocycles. The fraction of sp³-hybridized carbons (Fsp3) is 0.0909. The van der Waals surface area contributed by atoms with Gasteiger partial charge in [0.1, 0.15) is 5.82 Å². The van der Waals surface area contributed by atoms with Crippen LogP contribution < -0.4 is 0 Å². The van der Waals surface area contributed by atoms with Crippen molar-refractivity contribution in [2.75, 3.05) is 0 Å². The molecule has 1 rings (SSSR count). The van der Waals surface area contributed by atoms with Crippen molar-refractivity contribution in [1.29, 1.82) is 0 Å². The molecule has 0 nitrogen and oxygen atoms in total. The molecule has 9 heteroatoms. The van der Waals surface area contributed by atoms with Crippen LogP contribution in [0.1, 0.15) is 23.1 Å². The summed E-state index contributed by atoms with van der Waals surface area (Å²) >= 11 is 0. The second-order valence-electron chi connectivity index (χ2n) is 3.36. The lowest BCUT2D eigenvalue weighted by Gasteiger charge is -2.12. The number of benzene rings is 1. The van der Waals surface area contributed by atoms with Crippen LogP contribution in [-0.2, 0) is 0 Å². The van der Waals surface area contributed by atoms with Crippen LogP contribution >= 0.6 is 0 Å². The third-order valence-electron chi connectivity index (χ3n) is 2.17. The van der Waals surface area contributed by atoms with Gasteiger partial charge in [-0.25, -0.2) is 22.0 Å². The van der Waals surface area contributed by atoms with E-state index in [1.807, 2.05) is 0 Å². The van der Waals surface area contributed by atoms with E-state index in [0.717, 1.165) is 0 Å². The Hall–Kier alpha value is -1.93. The van der Waals surface area contributed by atoms with Gasteiger partial charge >= 0.3 is 12.2 Å². The van der Waals surface area contributed by atoms with Crippen LogP contribution in [0, 0.1) is 5.82 Å². The van der Waals surface area contributed by atoms with Gasteiger partial charge in [-0.3, -0.25) is 0 Å². The van der Waals surface area contributed by atoms with Gasteiger partial charge < -0.3 is 0 Å². The highest BCUT2D eigenvalue weighted by atomic mass is 19.3. The number of halogens is 9. The van der Waals surface area contributed by atoms with Gasteiger partial charge in [-0.2, -0.15) is 17.6 Å².